The van der Waals surface area contributed by atoms with Gasteiger partial charge in [-0.25, -0.2) is 0 Å². The van der Waals surface area contributed by atoms with E-state index in [9.17, 15) is 5.11 Å². The molecule has 0 saturated heterocycles. The highest BCUT2D eigenvalue weighted by Gasteiger charge is 2.22. The average Bonchev–Trinajstić information content (AvgIpc) is 3.13. The van der Waals surface area contributed by atoms with E-state index in [1.807, 2.05) is 49.4 Å². The highest BCUT2D eigenvalue weighted by molar-refractivity contribution is 14.0. The molecule has 0 radical (unpaired) electrons. The maximum atomic E-state index is 10.4. The molecule has 7 heteroatoms. The van der Waals surface area contributed by atoms with Crippen molar-refractivity contribution >= 4 is 29.9 Å². The monoisotopic (exact) mass is 497 g/mol. The quantitative estimate of drug-likeness (QED) is 0.312. The van der Waals surface area contributed by atoms with Crippen molar-refractivity contribution in [2.75, 3.05) is 26.7 Å². The van der Waals surface area contributed by atoms with E-state index in [1.165, 1.54) is 5.56 Å². The van der Waals surface area contributed by atoms with E-state index in [1.54, 1.807) is 7.11 Å². The van der Waals surface area contributed by atoms with Crippen LogP contribution >= 0.6 is 24.0 Å². The molecule has 0 aliphatic carbocycles. The van der Waals surface area contributed by atoms with Crippen LogP contribution in [0, 0.1) is 0 Å². The van der Waals surface area contributed by atoms with Crippen molar-refractivity contribution in [1.29, 1.82) is 0 Å². The third-order valence-electron chi connectivity index (χ3n) is 4.48. The number of hydrogen-bond acceptors (Lipinski definition) is 4. The summed E-state index contributed by atoms with van der Waals surface area (Å²) in [6, 6.07) is 15.5. The summed E-state index contributed by atoms with van der Waals surface area (Å²) in [5, 5.41) is 16.9. The lowest BCUT2D eigenvalue weighted by Crippen LogP contribution is -2.42. The number of nitrogens with zero attached hydrogens (tertiary/aromatic N) is 1. The smallest absolute Gasteiger partial charge is 0.191 e. The zero-order valence-corrected chi connectivity index (χ0v) is 18.6. The fourth-order valence-electron chi connectivity index (χ4n) is 3.03. The van der Waals surface area contributed by atoms with Gasteiger partial charge in [-0.1, -0.05) is 30.3 Å². The number of methoxy groups -OCH3 is 1. The molecule has 2 aromatic carbocycles. The standard InChI is InChI=1S/C21H27N3O3.HI/c1-3-22-21(23-13-18-12-16-6-4-5-7-20(16)27-18)24-14-19(25)15-8-10-17(26-2)11-9-15;/h4-11,18-19,25H,3,12-14H2,1-2H3,(H2,22,23,24);1H. The van der Waals surface area contributed by atoms with E-state index < -0.39 is 6.10 Å². The summed E-state index contributed by atoms with van der Waals surface area (Å²) >= 11 is 0. The third kappa shape index (κ3) is 6.00. The summed E-state index contributed by atoms with van der Waals surface area (Å²) in [4.78, 5) is 4.50. The second-order valence-electron chi connectivity index (χ2n) is 6.44. The lowest BCUT2D eigenvalue weighted by atomic mass is 10.1. The molecule has 2 unspecified atom stereocenters. The number of hydrogen-bond donors (Lipinski definition) is 3. The minimum absolute atomic E-state index is 0. The molecule has 1 heterocycles. The Kier molecular flexibility index (Phi) is 8.85. The summed E-state index contributed by atoms with van der Waals surface area (Å²) in [6.45, 7) is 3.68. The van der Waals surface area contributed by atoms with Gasteiger partial charge in [0.2, 0.25) is 0 Å². The van der Waals surface area contributed by atoms with Gasteiger partial charge in [0.25, 0.3) is 0 Å². The number of guanidine groups is 1. The van der Waals surface area contributed by atoms with Gasteiger partial charge in [0.05, 0.1) is 26.3 Å². The lowest BCUT2D eigenvalue weighted by Gasteiger charge is -2.16. The molecule has 0 saturated carbocycles. The fourth-order valence-corrected chi connectivity index (χ4v) is 3.03. The Morgan fingerprint density at radius 2 is 1.96 bits per heavy atom. The molecule has 0 fully saturated rings. The SMILES string of the molecule is CCNC(=NCC(O)c1ccc(OC)cc1)NCC1Cc2ccccc2O1.I. The van der Waals surface area contributed by atoms with E-state index in [-0.39, 0.29) is 36.6 Å². The van der Waals surface area contributed by atoms with Crippen LogP contribution in [0.5, 0.6) is 11.5 Å². The average molecular weight is 497 g/mol. The summed E-state index contributed by atoms with van der Waals surface area (Å²) in [6.07, 6.45) is 0.299. The number of aliphatic hydroxyl groups excluding tert-OH is 1. The first-order valence-corrected chi connectivity index (χ1v) is 9.28. The Morgan fingerprint density at radius 3 is 2.64 bits per heavy atom. The predicted octanol–water partition coefficient (Wildman–Crippen LogP) is 2.91. The molecule has 2 atom stereocenters. The van der Waals surface area contributed by atoms with Crippen LogP contribution in [-0.2, 0) is 6.42 Å². The second kappa shape index (κ2) is 11.1. The molecule has 6 nitrogen and oxygen atoms in total. The van der Waals surface area contributed by atoms with Gasteiger partial charge in [-0.05, 0) is 36.2 Å². The van der Waals surface area contributed by atoms with E-state index in [0.29, 0.717) is 12.5 Å². The first-order chi connectivity index (χ1) is 13.2. The zero-order valence-electron chi connectivity index (χ0n) is 16.2. The molecule has 2 aromatic rings. The minimum Gasteiger partial charge on any atom is -0.497 e. The van der Waals surface area contributed by atoms with Crippen molar-refractivity contribution in [1.82, 2.24) is 10.6 Å². The van der Waals surface area contributed by atoms with Crippen molar-refractivity contribution in [3.05, 3.63) is 59.7 Å². The van der Waals surface area contributed by atoms with Crippen LogP contribution in [-0.4, -0.2) is 43.9 Å². The minimum atomic E-state index is -0.668. The van der Waals surface area contributed by atoms with Gasteiger partial charge in [-0.15, -0.1) is 24.0 Å². The van der Waals surface area contributed by atoms with E-state index in [0.717, 1.165) is 30.0 Å². The van der Waals surface area contributed by atoms with Gasteiger partial charge >= 0.3 is 0 Å². The number of rotatable bonds is 7. The topological polar surface area (TPSA) is 75.1 Å². The first-order valence-electron chi connectivity index (χ1n) is 9.28. The predicted molar refractivity (Wildman–Crippen MR) is 122 cm³/mol. The van der Waals surface area contributed by atoms with Gasteiger partial charge in [0.1, 0.15) is 17.6 Å². The van der Waals surface area contributed by atoms with E-state index >= 15 is 0 Å². The lowest BCUT2D eigenvalue weighted by molar-refractivity contribution is 0.187. The Hall–Kier alpha value is -2.00. The fraction of sp³-hybridized carbons (Fsp3) is 0.381. The van der Waals surface area contributed by atoms with Crippen molar-refractivity contribution in [3.63, 3.8) is 0 Å². The van der Waals surface area contributed by atoms with Crippen LogP contribution in [0.15, 0.2) is 53.5 Å². The Morgan fingerprint density at radius 1 is 1.21 bits per heavy atom. The van der Waals surface area contributed by atoms with E-state index in [2.05, 4.69) is 21.7 Å². The van der Waals surface area contributed by atoms with Crippen LogP contribution < -0.4 is 20.1 Å². The van der Waals surface area contributed by atoms with Crippen molar-refractivity contribution in [2.24, 2.45) is 4.99 Å². The van der Waals surface area contributed by atoms with Gasteiger partial charge in [-0.2, -0.15) is 0 Å². The molecule has 0 amide bonds. The maximum absolute atomic E-state index is 10.4. The number of benzene rings is 2. The van der Waals surface area contributed by atoms with Crippen molar-refractivity contribution < 1.29 is 14.6 Å². The molecule has 3 N–H and O–H groups in total. The molecular formula is C21H28IN3O3. The first kappa shape index (κ1) is 22.3. The number of ether oxygens (including phenoxy) is 2. The van der Waals surface area contributed by atoms with Crippen molar-refractivity contribution in [3.8, 4) is 11.5 Å². The van der Waals surface area contributed by atoms with Gasteiger partial charge in [0.15, 0.2) is 5.96 Å². The largest absolute Gasteiger partial charge is 0.497 e. The molecule has 0 spiro atoms. The van der Waals surface area contributed by atoms with Crippen LogP contribution in [0.4, 0.5) is 0 Å². The molecule has 1 aliphatic heterocycles. The summed E-state index contributed by atoms with van der Waals surface area (Å²) < 4.78 is 11.1. The zero-order chi connectivity index (χ0) is 19.1. The number of para-hydroxylation sites is 1. The molecule has 3 rings (SSSR count). The van der Waals surface area contributed by atoms with Gasteiger partial charge in [0, 0.05) is 13.0 Å². The number of aliphatic imine (C=N–C) groups is 1. The number of nitrogens with one attached hydrogen (secondary N) is 2. The number of aliphatic hydroxyl groups is 1. The normalized spacial score (nSPS) is 16.4. The van der Waals surface area contributed by atoms with Crippen LogP contribution in [0.25, 0.3) is 0 Å². The molecule has 0 aromatic heterocycles. The van der Waals surface area contributed by atoms with E-state index in [4.69, 9.17) is 9.47 Å². The van der Waals surface area contributed by atoms with Crippen LogP contribution in [0.1, 0.15) is 24.2 Å². The molecule has 152 valence electrons. The van der Waals surface area contributed by atoms with Crippen LogP contribution in [0.3, 0.4) is 0 Å². The molecule has 0 bridgehead atoms. The Bertz CT molecular complexity index is 743. The van der Waals surface area contributed by atoms with Crippen molar-refractivity contribution in [2.45, 2.75) is 25.6 Å². The maximum Gasteiger partial charge on any atom is 0.191 e. The number of fused-ring (bicyclic) bond motifs is 1. The molecule has 28 heavy (non-hydrogen) atoms. The highest BCUT2D eigenvalue weighted by atomic mass is 127. The Labute approximate surface area is 183 Å². The molecular weight excluding hydrogens is 469 g/mol. The number of halogens is 1. The molecule has 1 aliphatic rings. The van der Waals surface area contributed by atoms with Gasteiger partial charge < -0.3 is 25.2 Å². The Balaban J connectivity index is 0.00000280. The van der Waals surface area contributed by atoms with Crippen LogP contribution in [0.2, 0.25) is 0 Å². The summed E-state index contributed by atoms with van der Waals surface area (Å²) in [7, 11) is 1.62. The highest BCUT2D eigenvalue weighted by Crippen LogP contribution is 2.27. The van der Waals surface area contributed by atoms with Gasteiger partial charge in [-0.3, -0.25) is 4.99 Å². The summed E-state index contributed by atoms with van der Waals surface area (Å²) in [5.41, 5.74) is 2.05. The third-order valence-corrected chi connectivity index (χ3v) is 4.48. The second-order valence-corrected chi connectivity index (χ2v) is 6.44. The summed E-state index contributed by atoms with van der Waals surface area (Å²) in [5.74, 6) is 2.40.